The molecule has 1 N–H and O–H groups in total. The molecule has 1 aromatic rings. The zero-order valence-corrected chi connectivity index (χ0v) is 9.30. The van der Waals surface area contributed by atoms with Gasteiger partial charge < -0.3 is 14.8 Å². The number of benzene rings is 1. The Balaban J connectivity index is 2.74. The molecule has 15 heavy (non-hydrogen) atoms. The quantitative estimate of drug-likeness (QED) is 0.802. The molecule has 0 bridgehead atoms. The molecule has 4 nitrogen and oxygen atoms in total. The summed E-state index contributed by atoms with van der Waals surface area (Å²) in [6.07, 6.45) is 0. The van der Waals surface area contributed by atoms with Gasteiger partial charge in [0.05, 0.1) is 19.9 Å². The molecule has 0 saturated heterocycles. The van der Waals surface area contributed by atoms with Crippen molar-refractivity contribution in [2.75, 3.05) is 26.1 Å². The Bertz CT molecular complexity index is 355. The van der Waals surface area contributed by atoms with Crippen LogP contribution in [-0.4, -0.2) is 26.7 Å². The highest BCUT2D eigenvalue weighted by Crippen LogP contribution is 2.27. The largest absolute Gasteiger partial charge is 0.495 e. The standard InChI is InChI=1S/C10H12ClNO3/c1-14-9-4-3-7(11)5-8(9)12-6-10(13)15-2/h3-5,12H,6H2,1-2H3. The maximum Gasteiger partial charge on any atom is 0.325 e. The van der Waals surface area contributed by atoms with Gasteiger partial charge in [0.25, 0.3) is 0 Å². The predicted octanol–water partition coefficient (Wildman–Crippen LogP) is 1.93. The molecule has 0 aliphatic heterocycles. The maximum atomic E-state index is 10.9. The van der Waals surface area contributed by atoms with E-state index in [-0.39, 0.29) is 12.5 Å². The third-order valence-electron chi connectivity index (χ3n) is 1.81. The predicted molar refractivity (Wildman–Crippen MR) is 58.5 cm³/mol. The van der Waals surface area contributed by atoms with Crippen LogP contribution in [0.1, 0.15) is 0 Å². The number of halogens is 1. The van der Waals surface area contributed by atoms with E-state index in [4.69, 9.17) is 16.3 Å². The lowest BCUT2D eigenvalue weighted by atomic mass is 10.3. The fraction of sp³-hybridized carbons (Fsp3) is 0.300. The van der Waals surface area contributed by atoms with E-state index in [1.807, 2.05) is 0 Å². The van der Waals surface area contributed by atoms with Crippen molar-refractivity contribution in [2.45, 2.75) is 0 Å². The average molecular weight is 230 g/mol. The first-order valence-corrected chi connectivity index (χ1v) is 4.69. The van der Waals surface area contributed by atoms with Crippen molar-refractivity contribution in [3.63, 3.8) is 0 Å². The lowest BCUT2D eigenvalue weighted by Crippen LogP contribution is -2.15. The number of hydrogen-bond donors (Lipinski definition) is 1. The summed E-state index contributed by atoms with van der Waals surface area (Å²) in [5.74, 6) is 0.278. The molecular formula is C10H12ClNO3. The van der Waals surface area contributed by atoms with Gasteiger partial charge in [-0.2, -0.15) is 0 Å². The van der Waals surface area contributed by atoms with Crippen molar-refractivity contribution < 1.29 is 14.3 Å². The SMILES string of the molecule is COC(=O)CNc1cc(Cl)ccc1OC. The highest BCUT2D eigenvalue weighted by Gasteiger charge is 2.05. The minimum atomic E-state index is -0.350. The molecule has 0 saturated carbocycles. The van der Waals surface area contributed by atoms with Crippen molar-refractivity contribution in [3.05, 3.63) is 23.2 Å². The fourth-order valence-electron chi connectivity index (χ4n) is 1.06. The van der Waals surface area contributed by atoms with Crippen molar-refractivity contribution in [1.82, 2.24) is 0 Å². The number of carbonyl (C=O) groups excluding carboxylic acids is 1. The van der Waals surface area contributed by atoms with Crippen LogP contribution in [0.25, 0.3) is 0 Å². The molecule has 0 fully saturated rings. The van der Waals surface area contributed by atoms with E-state index in [9.17, 15) is 4.79 Å². The second-order valence-electron chi connectivity index (χ2n) is 2.77. The van der Waals surface area contributed by atoms with Gasteiger partial charge in [-0.05, 0) is 18.2 Å². The van der Waals surface area contributed by atoms with Gasteiger partial charge in [-0.15, -0.1) is 0 Å². The summed E-state index contributed by atoms with van der Waals surface area (Å²) < 4.78 is 9.59. The summed E-state index contributed by atoms with van der Waals surface area (Å²) in [7, 11) is 2.88. The van der Waals surface area contributed by atoms with Crippen molar-refractivity contribution in [1.29, 1.82) is 0 Å². The van der Waals surface area contributed by atoms with E-state index in [2.05, 4.69) is 10.1 Å². The van der Waals surface area contributed by atoms with E-state index in [0.717, 1.165) is 0 Å². The smallest absolute Gasteiger partial charge is 0.325 e. The van der Waals surface area contributed by atoms with E-state index >= 15 is 0 Å². The Labute approximate surface area is 93.1 Å². The molecule has 0 radical (unpaired) electrons. The second-order valence-corrected chi connectivity index (χ2v) is 3.21. The molecule has 0 aliphatic carbocycles. The number of nitrogens with one attached hydrogen (secondary N) is 1. The fourth-order valence-corrected chi connectivity index (χ4v) is 1.23. The van der Waals surface area contributed by atoms with Crippen molar-refractivity contribution in [2.24, 2.45) is 0 Å². The third kappa shape index (κ3) is 3.32. The van der Waals surface area contributed by atoms with Crippen LogP contribution in [0.2, 0.25) is 5.02 Å². The number of carbonyl (C=O) groups is 1. The Morgan fingerprint density at radius 2 is 2.20 bits per heavy atom. The zero-order chi connectivity index (χ0) is 11.3. The van der Waals surface area contributed by atoms with Crippen LogP contribution in [0.5, 0.6) is 5.75 Å². The molecule has 0 aromatic heterocycles. The van der Waals surface area contributed by atoms with Crippen LogP contribution in [0, 0.1) is 0 Å². The minimum absolute atomic E-state index is 0.0766. The molecule has 82 valence electrons. The van der Waals surface area contributed by atoms with Crippen molar-refractivity contribution >= 4 is 23.3 Å². The van der Waals surface area contributed by atoms with Gasteiger partial charge in [0, 0.05) is 5.02 Å². The first kappa shape index (κ1) is 11.7. The second kappa shape index (κ2) is 5.46. The molecule has 5 heteroatoms. The minimum Gasteiger partial charge on any atom is -0.495 e. The van der Waals surface area contributed by atoms with Gasteiger partial charge in [-0.3, -0.25) is 4.79 Å². The monoisotopic (exact) mass is 229 g/mol. The van der Waals surface area contributed by atoms with Crippen molar-refractivity contribution in [3.8, 4) is 5.75 Å². The summed E-state index contributed by atoms with van der Waals surface area (Å²) in [4.78, 5) is 10.9. The Morgan fingerprint density at radius 3 is 2.80 bits per heavy atom. The molecular weight excluding hydrogens is 218 g/mol. The third-order valence-corrected chi connectivity index (χ3v) is 2.05. The Kier molecular flexibility index (Phi) is 4.24. The molecule has 0 unspecified atom stereocenters. The molecule has 1 rings (SSSR count). The summed E-state index contributed by atoms with van der Waals surface area (Å²) >= 11 is 5.81. The summed E-state index contributed by atoms with van der Waals surface area (Å²) in [6.45, 7) is 0.0766. The molecule has 0 heterocycles. The van der Waals surface area contributed by atoms with Gasteiger partial charge in [0.2, 0.25) is 0 Å². The first-order chi connectivity index (χ1) is 7.17. The molecule has 1 aromatic carbocycles. The van der Waals surface area contributed by atoms with Gasteiger partial charge >= 0.3 is 5.97 Å². The molecule has 0 atom stereocenters. The van der Waals surface area contributed by atoms with E-state index in [1.165, 1.54) is 7.11 Å². The van der Waals surface area contributed by atoms with Crippen LogP contribution in [0.15, 0.2) is 18.2 Å². The topological polar surface area (TPSA) is 47.6 Å². The summed E-state index contributed by atoms with van der Waals surface area (Å²) in [5.41, 5.74) is 0.662. The number of anilines is 1. The Hall–Kier alpha value is -1.42. The summed E-state index contributed by atoms with van der Waals surface area (Å²) in [5, 5.41) is 3.44. The normalized spacial score (nSPS) is 9.53. The van der Waals surface area contributed by atoms with Crippen LogP contribution in [0.4, 0.5) is 5.69 Å². The maximum absolute atomic E-state index is 10.9. The van der Waals surface area contributed by atoms with Gasteiger partial charge in [-0.1, -0.05) is 11.6 Å². The molecule has 0 amide bonds. The van der Waals surface area contributed by atoms with E-state index in [1.54, 1.807) is 25.3 Å². The van der Waals surface area contributed by atoms with Crippen LogP contribution in [0.3, 0.4) is 0 Å². The van der Waals surface area contributed by atoms with E-state index < -0.39 is 0 Å². The lowest BCUT2D eigenvalue weighted by Gasteiger charge is -2.10. The van der Waals surface area contributed by atoms with Crippen LogP contribution in [-0.2, 0) is 9.53 Å². The molecule has 0 spiro atoms. The number of ether oxygens (including phenoxy) is 2. The van der Waals surface area contributed by atoms with Gasteiger partial charge in [-0.25, -0.2) is 0 Å². The lowest BCUT2D eigenvalue weighted by molar-refractivity contribution is -0.138. The number of esters is 1. The van der Waals surface area contributed by atoms with E-state index in [0.29, 0.717) is 16.5 Å². The van der Waals surface area contributed by atoms with Crippen LogP contribution < -0.4 is 10.1 Å². The highest BCUT2D eigenvalue weighted by atomic mass is 35.5. The number of rotatable bonds is 4. The highest BCUT2D eigenvalue weighted by molar-refractivity contribution is 6.30. The number of hydrogen-bond acceptors (Lipinski definition) is 4. The Morgan fingerprint density at radius 1 is 1.47 bits per heavy atom. The summed E-state index contributed by atoms with van der Waals surface area (Å²) in [6, 6.07) is 5.12. The van der Waals surface area contributed by atoms with Crippen LogP contribution >= 0.6 is 11.6 Å². The van der Waals surface area contributed by atoms with Gasteiger partial charge in [0.1, 0.15) is 12.3 Å². The number of methoxy groups -OCH3 is 2. The average Bonchev–Trinajstić information content (AvgIpc) is 2.26. The molecule has 0 aliphatic rings. The van der Waals surface area contributed by atoms with Gasteiger partial charge in [0.15, 0.2) is 0 Å². The zero-order valence-electron chi connectivity index (χ0n) is 8.54. The first-order valence-electron chi connectivity index (χ1n) is 4.31.